The summed E-state index contributed by atoms with van der Waals surface area (Å²) in [4.78, 5) is 12.9. The summed E-state index contributed by atoms with van der Waals surface area (Å²) in [5, 5.41) is 8.61. The molecule has 0 unspecified atom stereocenters. The van der Waals surface area contributed by atoms with Gasteiger partial charge in [-0.3, -0.25) is 4.79 Å². The van der Waals surface area contributed by atoms with Crippen LogP contribution in [0.4, 0.5) is 0 Å². The molecule has 1 saturated heterocycles. The van der Waals surface area contributed by atoms with E-state index in [1.807, 2.05) is 6.92 Å². The average molecular weight is 229 g/mol. The van der Waals surface area contributed by atoms with Crippen LogP contribution in [0.3, 0.4) is 0 Å². The summed E-state index contributed by atoms with van der Waals surface area (Å²) < 4.78 is 5.32. The molecular formula is C12H23NO3. The van der Waals surface area contributed by atoms with Crippen molar-refractivity contribution in [2.75, 3.05) is 32.8 Å². The van der Waals surface area contributed by atoms with Crippen molar-refractivity contribution in [3.05, 3.63) is 0 Å². The Morgan fingerprint density at radius 2 is 2.12 bits per heavy atom. The topological polar surface area (TPSA) is 49.8 Å². The minimum atomic E-state index is -0.668. The molecule has 1 rings (SSSR count). The van der Waals surface area contributed by atoms with E-state index in [-0.39, 0.29) is 0 Å². The lowest BCUT2D eigenvalue weighted by molar-refractivity contribution is -0.137. The van der Waals surface area contributed by atoms with Crippen LogP contribution < -0.4 is 0 Å². The van der Waals surface area contributed by atoms with Crippen molar-refractivity contribution < 1.29 is 14.6 Å². The van der Waals surface area contributed by atoms with Crippen LogP contribution in [-0.4, -0.2) is 48.8 Å². The lowest BCUT2D eigenvalue weighted by atomic mass is 9.92. The van der Waals surface area contributed by atoms with Gasteiger partial charge < -0.3 is 14.7 Å². The van der Waals surface area contributed by atoms with Crippen molar-refractivity contribution in [2.24, 2.45) is 5.92 Å². The SMILES string of the molecule is CCOCCN1CCC(CCC(=O)O)CC1. The molecule has 1 N–H and O–H groups in total. The van der Waals surface area contributed by atoms with Gasteiger partial charge in [-0.25, -0.2) is 0 Å². The maximum absolute atomic E-state index is 10.5. The summed E-state index contributed by atoms with van der Waals surface area (Å²) in [6, 6.07) is 0. The fourth-order valence-electron chi connectivity index (χ4n) is 2.16. The monoisotopic (exact) mass is 229 g/mol. The van der Waals surface area contributed by atoms with Gasteiger partial charge in [0.1, 0.15) is 0 Å². The first-order valence-corrected chi connectivity index (χ1v) is 6.24. The van der Waals surface area contributed by atoms with Crippen LogP contribution in [0, 0.1) is 5.92 Å². The van der Waals surface area contributed by atoms with Gasteiger partial charge in [-0.15, -0.1) is 0 Å². The Kier molecular flexibility index (Phi) is 6.42. The number of carbonyl (C=O) groups is 1. The lowest BCUT2D eigenvalue weighted by Gasteiger charge is -2.31. The van der Waals surface area contributed by atoms with Crippen LogP contribution in [0.5, 0.6) is 0 Å². The third-order valence-electron chi connectivity index (χ3n) is 3.23. The number of carboxylic acid groups (broad SMARTS) is 1. The third kappa shape index (κ3) is 5.47. The highest BCUT2D eigenvalue weighted by atomic mass is 16.5. The Balaban J connectivity index is 2.06. The molecule has 0 saturated carbocycles. The van der Waals surface area contributed by atoms with Crippen LogP contribution in [0.2, 0.25) is 0 Å². The third-order valence-corrected chi connectivity index (χ3v) is 3.23. The number of nitrogens with zero attached hydrogens (tertiary/aromatic N) is 1. The molecule has 94 valence electrons. The largest absolute Gasteiger partial charge is 0.481 e. The highest BCUT2D eigenvalue weighted by Gasteiger charge is 2.19. The van der Waals surface area contributed by atoms with E-state index in [0.29, 0.717) is 12.3 Å². The molecule has 0 bridgehead atoms. The first-order valence-electron chi connectivity index (χ1n) is 6.24. The van der Waals surface area contributed by atoms with E-state index in [1.165, 1.54) is 0 Å². The first kappa shape index (κ1) is 13.5. The normalized spacial score (nSPS) is 18.8. The summed E-state index contributed by atoms with van der Waals surface area (Å²) in [6.45, 7) is 6.82. The number of carboxylic acids is 1. The molecule has 0 aliphatic carbocycles. The second-order valence-corrected chi connectivity index (χ2v) is 4.41. The predicted molar refractivity (Wildman–Crippen MR) is 62.5 cm³/mol. The molecule has 1 heterocycles. The maximum Gasteiger partial charge on any atom is 0.303 e. The van der Waals surface area contributed by atoms with Gasteiger partial charge in [0, 0.05) is 19.6 Å². The molecule has 4 nitrogen and oxygen atoms in total. The molecule has 0 aromatic rings. The number of rotatable bonds is 7. The van der Waals surface area contributed by atoms with E-state index in [2.05, 4.69) is 4.90 Å². The van der Waals surface area contributed by atoms with Crippen molar-refractivity contribution in [1.29, 1.82) is 0 Å². The number of likely N-dealkylation sites (tertiary alicyclic amines) is 1. The Labute approximate surface area is 97.6 Å². The van der Waals surface area contributed by atoms with Crippen molar-refractivity contribution in [1.82, 2.24) is 4.90 Å². The van der Waals surface area contributed by atoms with E-state index in [1.54, 1.807) is 0 Å². The van der Waals surface area contributed by atoms with Gasteiger partial charge in [-0.1, -0.05) is 0 Å². The zero-order valence-corrected chi connectivity index (χ0v) is 10.2. The van der Waals surface area contributed by atoms with Crippen molar-refractivity contribution >= 4 is 5.97 Å². The fourth-order valence-corrected chi connectivity index (χ4v) is 2.16. The van der Waals surface area contributed by atoms with Crippen molar-refractivity contribution in [2.45, 2.75) is 32.6 Å². The van der Waals surface area contributed by atoms with Crippen LogP contribution in [0.25, 0.3) is 0 Å². The van der Waals surface area contributed by atoms with E-state index >= 15 is 0 Å². The van der Waals surface area contributed by atoms with Gasteiger partial charge >= 0.3 is 5.97 Å². The molecule has 1 fully saturated rings. The van der Waals surface area contributed by atoms with Gasteiger partial charge in [0.2, 0.25) is 0 Å². The van der Waals surface area contributed by atoms with E-state index in [9.17, 15) is 4.79 Å². The van der Waals surface area contributed by atoms with Crippen LogP contribution in [0.15, 0.2) is 0 Å². The molecular weight excluding hydrogens is 206 g/mol. The Hall–Kier alpha value is -0.610. The highest BCUT2D eigenvalue weighted by molar-refractivity contribution is 5.66. The van der Waals surface area contributed by atoms with Gasteiger partial charge in [0.15, 0.2) is 0 Å². The number of aliphatic carboxylic acids is 1. The summed E-state index contributed by atoms with van der Waals surface area (Å²) >= 11 is 0. The highest BCUT2D eigenvalue weighted by Crippen LogP contribution is 2.21. The van der Waals surface area contributed by atoms with Crippen molar-refractivity contribution in [3.8, 4) is 0 Å². The second kappa shape index (κ2) is 7.63. The minimum absolute atomic E-state index is 0.323. The molecule has 1 aliphatic rings. The molecule has 0 aromatic heterocycles. The molecule has 0 amide bonds. The summed E-state index contributed by atoms with van der Waals surface area (Å²) in [7, 11) is 0. The Bertz CT molecular complexity index is 200. The van der Waals surface area contributed by atoms with Gasteiger partial charge in [-0.05, 0) is 45.2 Å². The quantitative estimate of drug-likeness (QED) is 0.674. The molecule has 0 radical (unpaired) electrons. The molecule has 0 atom stereocenters. The molecule has 0 spiro atoms. The second-order valence-electron chi connectivity index (χ2n) is 4.41. The zero-order chi connectivity index (χ0) is 11.8. The summed E-state index contributed by atoms with van der Waals surface area (Å²) in [5.74, 6) is -0.0572. The fraction of sp³-hybridized carbons (Fsp3) is 0.917. The van der Waals surface area contributed by atoms with Crippen LogP contribution >= 0.6 is 0 Å². The Morgan fingerprint density at radius 3 is 2.69 bits per heavy atom. The molecule has 0 aromatic carbocycles. The number of hydrogen-bond donors (Lipinski definition) is 1. The van der Waals surface area contributed by atoms with Crippen molar-refractivity contribution in [3.63, 3.8) is 0 Å². The first-order chi connectivity index (χ1) is 7.72. The Morgan fingerprint density at radius 1 is 1.44 bits per heavy atom. The maximum atomic E-state index is 10.5. The summed E-state index contributed by atoms with van der Waals surface area (Å²) in [6.07, 6.45) is 3.44. The van der Waals surface area contributed by atoms with Crippen LogP contribution in [0.1, 0.15) is 32.6 Å². The molecule has 1 aliphatic heterocycles. The number of piperidine rings is 1. The van der Waals surface area contributed by atoms with E-state index in [0.717, 1.165) is 52.1 Å². The number of ether oxygens (including phenoxy) is 1. The minimum Gasteiger partial charge on any atom is -0.481 e. The van der Waals surface area contributed by atoms with Gasteiger partial charge in [0.05, 0.1) is 6.61 Å². The summed E-state index contributed by atoms with van der Waals surface area (Å²) in [5.41, 5.74) is 0. The number of hydrogen-bond acceptors (Lipinski definition) is 3. The van der Waals surface area contributed by atoms with Gasteiger partial charge in [0.25, 0.3) is 0 Å². The molecule has 4 heteroatoms. The van der Waals surface area contributed by atoms with E-state index in [4.69, 9.17) is 9.84 Å². The lowest BCUT2D eigenvalue weighted by Crippen LogP contribution is -2.36. The van der Waals surface area contributed by atoms with E-state index < -0.39 is 5.97 Å². The average Bonchev–Trinajstić information content (AvgIpc) is 2.28. The van der Waals surface area contributed by atoms with Crippen LogP contribution in [-0.2, 0) is 9.53 Å². The van der Waals surface area contributed by atoms with Gasteiger partial charge in [-0.2, -0.15) is 0 Å². The standard InChI is InChI=1S/C12H23NO3/c1-2-16-10-9-13-7-5-11(6-8-13)3-4-12(14)15/h11H,2-10H2,1H3,(H,14,15). The predicted octanol–water partition coefficient (Wildman–Crippen LogP) is 1.60. The molecule has 16 heavy (non-hydrogen) atoms. The smallest absolute Gasteiger partial charge is 0.303 e. The zero-order valence-electron chi connectivity index (χ0n) is 10.2.